The number of piperidine rings is 1. The smallest absolute Gasteiger partial charge is 0.337 e. The number of aliphatic hydroxyl groups is 1. The highest BCUT2D eigenvalue weighted by Crippen LogP contribution is 2.23. The first-order valence-electron chi connectivity index (χ1n) is 5.30. The predicted molar refractivity (Wildman–Crippen MR) is 55.6 cm³/mol. The largest absolute Gasteiger partial charge is 0.467 e. The van der Waals surface area contributed by atoms with E-state index >= 15 is 0 Å². The Morgan fingerprint density at radius 1 is 1.31 bits per heavy atom. The molecule has 1 rings (SSSR count). The molecule has 0 radical (unpaired) electrons. The Bertz CT molecular complexity index is 225. The lowest BCUT2D eigenvalue weighted by atomic mass is 9.92. The summed E-state index contributed by atoms with van der Waals surface area (Å²) in [5.41, 5.74) is -1.35. The fourth-order valence-corrected chi connectivity index (χ4v) is 1.63. The predicted octanol–water partition coefficient (Wildman–Crippen LogP) is -0.436. The lowest BCUT2D eigenvalue weighted by Crippen LogP contribution is -2.49. The molecule has 6 nitrogen and oxygen atoms in total. The van der Waals surface area contributed by atoms with Gasteiger partial charge in [-0.15, -0.1) is 0 Å². The van der Waals surface area contributed by atoms with Crippen molar-refractivity contribution >= 4 is 5.97 Å². The molecular weight excluding hydrogens is 214 g/mol. The molecule has 94 valence electrons. The minimum Gasteiger partial charge on any atom is -0.467 e. The molecule has 1 aliphatic heterocycles. The van der Waals surface area contributed by atoms with E-state index in [4.69, 9.17) is 9.57 Å². The van der Waals surface area contributed by atoms with Crippen LogP contribution >= 0.6 is 0 Å². The lowest BCUT2D eigenvalue weighted by molar-refractivity contribution is -0.207. The van der Waals surface area contributed by atoms with Crippen molar-refractivity contribution in [3.05, 3.63) is 0 Å². The second-order valence-corrected chi connectivity index (χ2v) is 3.78. The van der Waals surface area contributed by atoms with Gasteiger partial charge in [0.15, 0.2) is 5.60 Å². The van der Waals surface area contributed by atoms with Crippen LogP contribution in [0, 0.1) is 0 Å². The molecule has 0 saturated carbocycles. The topological polar surface area (TPSA) is 68.2 Å². The average Bonchev–Trinajstić information content (AvgIpc) is 2.31. The Labute approximate surface area is 95.0 Å². The molecule has 1 fully saturated rings. The molecule has 16 heavy (non-hydrogen) atoms. The van der Waals surface area contributed by atoms with Crippen LogP contribution in [-0.4, -0.2) is 62.3 Å². The molecule has 1 heterocycles. The first kappa shape index (κ1) is 13.4. The van der Waals surface area contributed by atoms with E-state index in [1.54, 1.807) is 12.2 Å². The highest BCUT2D eigenvalue weighted by atomic mass is 16.7. The van der Waals surface area contributed by atoms with Gasteiger partial charge in [0.05, 0.1) is 20.3 Å². The van der Waals surface area contributed by atoms with Crippen molar-refractivity contribution in [2.24, 2.45) is 0 Å². The van der Waals surface area contributed by atoms with Crippen molar-refractivity contribution in [3.8, 4) is 0 Å². The summed E-state index contributed by atoms with van der Waals surface area (Å²) in [6.45, 7) is 2.02. The molecule has 0 amide bonds. The van der Waals surface area contributed by atoms with Crippen molar-refractivity contribution in [2.45, 2.75) is 18.4 Å². The summed E-state index contributed by atoms with van der Waals surface area (Å²) >= 11 is 0. The summed E-state index contributed by atoms with van der Waals surface area (Å²) in [6.07, 6.45) is 0.652. The molecule has 1 N–H and O–H groups in total. The first-order chi connectivity index (χ1) is 7.62. The summed E-state index contributed by atoms with van der Waals surface area (Å²) in [5.74, 6) is -0.566. The molecule has 0 aromatic carbocycles. The van der Waals surface area contributed by atoms with E-state index in [0.29, 0.717) is 39.1 Å². The summed E-state index contributed by atoms with van der Waals surface area (Å²) in [7, 11) is 2.89. The molecule has 1 saturated heterocycles. The molecule has 0 aromatic rings. The Morgan fingerprint density at radius 2 is 1.94 bits per heavy atom. The minimum atomic E-state index is -1.35. The van der Waals surface area contributed by atoms with Crippen molar-refractivity contribution in [1.29, 1.82) is 0 Å². The van der Waals surface area contributed by atoms with Crippen LogP contribution in [0.4, 0.5) is 0 Å². The van der Waals surface area contributed by atoms with Crippen LogP contribution < -0.4 is 0 Å². The van der Waals surface area contributed by atoms with Gasteiger partial charge in [-0.3, -0.25) is 4.84 Å². The van der Waals surface area contributed by atoms with Gasteiger partial charge in [-0.25, -0.2) is 4.79 Å². The summed E-state index contributed by atoms with van der Waals surface area (Å²) in [6, 6.07) is 0. The van der Waals surface area contributed by atoms with Crippen molar-refractivity contribution in [2.75, 3.05) is 40.5 Å². The van der Waals surface area contributed by atoms with E-state index in [-0.39, 0.29) is 0 Å². The van der Waals surface area contributed by atoms with Gasteiger partial charge in [-0.1, -0.05) is 0 Å². The Hall–Kier alpha value is -0.690. The number of methoxy groups -OCH3 is 2. The van der Waals surface area contributed by atoms with Crippen LogP contribution in [-0.2, 0) is 19.1 Å². The molecule has 0 unspecified atom stereocenters. The van der Waals surface area contributed by atoms with Gasteiger partial charge in [-0.2, -0.15) is 5.06 Å². The number of esters is 1. The minimum absolute atomic E-state index is 0.326. The second kappa shape index (κ2) is 6.15. The standard InChI is InChI=1S/C10H19NO5/c1-14-7-8-16-11-5-3-10(13,4-6-11)9(12)15-2/h13H,3-8H2,1-2H3. The van der Waals surface area contributed by atoms with E-state index in [0.717, 1.165) is 0 Å². The number of hydroxylamine groups is 2. The third-order valence-corrected chi connectivity index (χ3v) is 2.68. The molecule has 0 spiro atoms. The number of carbonyl (C=O) groups is 1. The fourth-order valence-electron chi connectivity index (χ4n) is 1.63. The quantitative estimate of drug-likeness (QED) is 0.513. The third kappa shape index (κ3) is 3.41. The van der Waals surface area contributed by atoms with E-state index in [9.17, 15) is 9.90 Å². The Kier molecular flexibility index (Phi) is 5.14. The monoisotopic (exact) mass is 233 g/mol. The maximum atomic E-state index is 11.3. The summed E-state index contributed by atoms with van der Waals surface area (Å²) in [4.78, 5) is 16.7. The second-order valence-electron chi connectivity index (χ2n) is 3.78. The molecule has 0 aliphatic carbocycles. The number of ether oxygens (including phenoxy) is 2. The molecule has 0 atom stereocenters. The van der Waals surface area contributed by atoms with E-state index < -0.39 is 11.6 Å². The van der Waals surface area contributed by atoms with E-state index in [2.05, 4.69) is 4.74 Å². The molecule has 0 aromatic heterocycles. The number of hydrogen-bond donors (Lipinski definition) is 1. The van der Waals surface area contributed by atoms with Crippen LogP contribution in [0.15, 0.2) is 0 Å². The number of rotatable bonds is 5. The van der Waals surface area contributed by atoms with Gasteiger partial charge in [0, 0.05) is 33.0 Å². The first-order valence-corrected chi connectivity index (χ1v) is 5.30. The molecule has 0 bridgehead atoms. The van der Waals surface area contributed by atoms with Crippen LogP contribution in [0.1, 0.15) is 12.8 Å². The third-order valence-electron chi connectivity index (χ3n) is 2.68. The maximum Gasteiger partial charge on any atom is 0.337 e. The van der Waals surface area contributed by atoms with E-state index in [1.807, 2.05) is 0 Å². The van der Waals surface area contributed by atoms with Gasteiger partial charge >= 0.3 is 5.97 Å². The average molecular weight is 233 g/mol. The van der Waals surface area contributed by atoms with Crippen molar-refractivity contribution in [3.63, 3.8) is 0 Å². The van der Waals surface area contributed by atoms with Crippen LogP contribution in [0.25, 0.3) is 0 Å². The number of hydrogen-bond acceptors (Lipinski definition) is 6. The van der Waals surface area contributed by atoms with Crippen LogP contribution in [0.5, 0.6) is 0 Å². The zero-order chi connectivity index (χ0) is 12.0. The summed E-state index contributed by atoms with van der Waals surface area (Å²) < 4.78 is 9.41. The fraction of sp³-hybridized carbons (Fsp3) is 0.900. The lowest BCUT2D eigenvalue weighted by Gasteiger charge is -2.35. The van der Waals surface area contributed by atoms with Gasteiger partial charge < -0.3 is 14.6 Å². The zero-order valence-electron chi connectivity index (χ0n) is 9.77. The Balaban J connectivity index is 2.30. The molecule has 1 aliphatic rings. The number of nitrogens with zero attached hydrogens (tertiary/aromatic N) is 1. The maximum absolute atomic E-state index is 11.3. The van der Waals surface area contributed by atoms with Gasteiger partial charge in [-0.05, 0) is 0 Å². The van der Waals surface area contributed by atoms with Gasteiger partial charge in [0.2, 0.25) is 0 Å². The van der Waals surface area contributed by atoms with Gasteiger partial charge in [0.25, 0.3) is 0 Å². The van der Waals surface area contributed by atoms with Crippen molar-refractivity contribution < 1.29 is 24.2 Å². The SMILES string of the molecule is COCCON1CCC(O)(C(=O)OC)CC1. The highest BCUT2D eigenvalue weighted by molar-refractivity contribution is 5.79. The zero-order valence-corrected chi connectivity index (χ0v) is 9.77. The molecule has 6 heteroatoms. The van der Waals surface area contributed by atoms with Crippen LogP contribution in [0.3, 0.4) is 0 Å². The number of carbonyl (C=O) groups excluding carboxylic acids is 1. The highest BCUT2D eigenvalue weighted by Gasteiger charge is 2.40. The van der Waals surface area contributed by atoms with Gasteiger partial charge in [0.1, 0.15) is 0 Å². The van der Waals surface area contributed by atoms with Crippen molar-refractivity contribution in [1.82, 2.24) is 5.06 Å². The normalized spacial score (nSPS) is 20.7. The van der Waals surface area contributed by atoms with E-state index in [1.165, 1.54) is 7.11 Å². The van der Waals surface area contributed by atoms with Crippen LogP contribution in [0.2, 0.25) is 0 Å². The Morgan fingerprint density at radius 3 is 2.44 bits per heavy atom. The molecular formula is C10H19NO5. The summed E-state index contributed by atoms with van der Waals surface area (Å²) in [5, 5.41) is 11.7.